The van der Waals surface area contributed by atoms with Gasteiger partial charge in [-0.3, -0.25) is 4.79 Å². The molecule has 0 fully saturated rings. The number of aromatic nitrogens is 2. The molecule has 1 aromatic carbocycles. The summed E-state index contributed by atoms with van der Waals surface area (Å²) in [7, 11) is 0. The summed E-state index contributed by atoms with van der Waals surface area (Å²) < 4.78 is 39.1. The summed E-state index contributed by atoms with van der Waals surface area (Å²) in [6.07, 6.45) is -2.81. The quantitative estimate of drug-likeness (QED) is 0.840. The molecule has 0 aliphatic heterocycles. The van der Waals surface area contributed by atoms with Crippen LogP contribution in [0.2, 0.25) is 0 Å². The van der Waals surface area contributed by atoms with Crippen LogP contribution < -0.4 is 5.32 Å². The molecule has 0 radical (unpaired) electrons. The van der Waals surface area contributed by atoms with Crippen molar-refractivity contribution in [1.29, 1.82) is 0 Å². The van der Waals surface area contributed by atoms with Crippen LogP contribution in [0.5, 0.6) is 0 Å². The maximum Gasteiger partial charge on any atom is 0.389 e. The summed E-state index contributed by atoms with van der Waals surface area (Å²) in [5.74, 6) is -0.579. The Kier molecular flexibility index (Phi) is 5.06. The Hall–Kier alpha value is -2.31. The van der Waals surface area contributed by atoms with Crippen LogP contribution >= 0.6 is 0 Å². The van der Waals surface area contributed by atoms with Gasteiger partial charge < -0.3 is 5.32 Å². The fraction of sp³-hybridized carbons (Fsp3) is 0.500. The summed E-state index contributed by atoms with van der Waals surface area (Å²) in [4.78, 5) is 12.1. The van der Waals surface area contributed by atoms with Gasteiger partial charge in [0.15, 0.2) is 0 Å². The number of alkyl halides is 3. The van der Waals surface area contributed by atoms with Gasteiger partial charge in [-0.05, 0) is 36.8 Å². The molecule has 1 atom stereocenters. The van der Waals surface area contributed by atoms with Crippen LogP contribution in [0.1, 0.15) is 56.0 Å². The van der Waals surface area contributed by atoms with Gasteiger partial charge in [-0.2, -0.15) is 18.3 Å². The zero-order valence-electron chi connectivity index (χ0n) is 15.7. The summed E-state index contributed by atoms with van der Waals surface area (Å²) in [5, 5.41) is 7.31. The van der Waals surface area contributed by atoms with E-state index in [1.165, 1.54) is 0 Å². The number of hydrogen-bond acceptors (Lipinski definition) is 2. The summed E-state index contributed by atoms with van der Waals surface area (Å²) in [6, 6.07) is 7.57. The van der Waals surface area contributed by atoms with E-state index in [0.29, 0.717) is 6.42 Å². The molecule has 0 unspecified atom stereocenters. The number of nitrogens with zero attached hydrogens (tertiary/aromatic N) is 2. The topological polar surface area (TPSA) is 46.9 Å². The molecule has 27 heavy (non-hydrogen) atoms. The molecule has 0 bridgehead atoms. The summed E-state index contributed by atoms with van der Waals surface area (Å²) >= 11 is 0. The molecule has 1 aromatic heterocycles. The van der Waals surface area contributed by atoms with Crippen molar-refractivity contribution in [2.75, 3.05) is 0 Å². The van der Waals surface area contributed by atoms with Crippen LogP contribution in [0.15, 0.2) is 30.5 Å². The molecular weight excluding hydrogens is 355 g/mol. The Balaban J connectivity index is 1.87. The highest BCUT2D eigenvalue weighted by Gasteiger charge is 2.36. The van der Waals surface area contributed by atoms with Crippen LogP contribution in [-0.2, 0) is 11.2 Å². The molecule has 7 heteroatoms. The first kappa shape index (κ1) is 19.5. The Labute approximate surface area is 156 Å². The molecule has 3 rings (SSSR count). The fourth-order valence-electron chi connectivity index (χ4n) is 3.70. The maximum atomic E-state index is 12.4. The largest absolute Gasteiger partial charge is 0.389 e. The highest BCUT2D eigenvalue weighted by Crippen LogP contribution is 2.41. The van der Waals surface area contributed by atoms with Crippen molar-refractivity contribution >= 4 is 5.91 Å². The number of carbonyl (C=O) groups excluding carboxylic acids is 1. The van der Waals surface area contributed by atoms with Gasteiger partial charge in [0.1, 0.15) is 0 Å². The Morgan fingerprint density at radius 3 is 2.70 bits per heavy atom. The molecule has 1 heterocycles. The molecule has 1 N–H and O–H groups in total. The Bertz CT molecular complexity index is 839. The van der Waals surface area contributed by atoms with Crippen LogP contribution in [0.3, 0.4) is 0 Å². The lowest BCUT2D eigenvalue weighted by molar-refractivity contribution is -0.144. The number of amides is 1. The van der Waals surface area contributed by atoms with Crippen molar-refractivity contribution in [2.45, 2.75) is 58.7 Å². The number of hydrogen-bond donors (Lipinski definition) is 1. The highest BCUT2D eigenvalue weighted by molar-refractivity contribution is 5.76. The fourth-order valence-corrected chi connectivity index (χ4v) is 3.70. The van der Waals surface area contributed by atoms with Gasteiger partial charge in [0.25, 0.3) is 0 Å². The number of fused-ring (bicyclic) bond motifs is 1. The minimum atomic E-state index is -4.33. The van der Waals surface area contributed by atoms with E-state index in [4.69, 9.17) is 0 Å². The van der Waals surface area contributed by atoms with E-state index in [-0.39, 0.29) is 11.5 Å². The normalized spacial score (nSPS) is 18.8. The lowest BCUT2D eigenvalue weighted by atomic mass is 9.74. The molecule has 1 aliphatic rings. The molecule has 146 valence electrons. The first-order valence-corrected chi connectivity index (χ1v) is 9.05. The molecule has 4 nitrogen and oxygen atoms in total. The van der Waals surface area contributed by atoms with Gasteiger partial charge in [-0.1, -0.05) is 32.0 Å². The number of aryl methyl sites for hydroxylation is 1. The van der Waals surface area contributed by atoms with Crippen LogP contribution in [0, 0.1) is 12.3 Å². The molecule has 2 aromatic rings. The van der Waals surface area contributed by atoms with Gasteiger partial charge >= 0.3 is 6.18 Å². The number of halogens is 3. The van der Waals surface area contributed by atoms with Crippen molar-refractivity contribution < 1.29 is 18.0 Å². The van der Waals surface area contributed by atoms with Gasteiger partial charge in [0, 0.05) is 12.0 Å². The third-order valence-corrected chi connectivity index (χ3v) is 4.99. The van der Waals surface area contributed by atoms with Crippen LogP contribution in [-0.4, -0.2) is 21.9 Å². The average Bonchev–Trinajstić information content (AvgIpc) is 2.95. The van der Waals surface area contributed by atoms with Gasteiger partial charge in [0.05, 0.1) is 30.0 Å². The summed E-state index contributed by atoms with van der Waals surface area (Å²) in [5.41, 5.74) is 3.84. The zero-order chi connectivity index (χ0) is 19.8. The zero-order valence-corrected chi connectivity index (χ0v) is 15.7. The second-order valence-electron chi connectivity index (χ2n) is 8.03. The Morgan fingerprint density at radius 1 is 1.33 bits per heavy atom. The van der Waals surface area contributed by atoms with Crippen molar-refractivity contribution in [3.8, 4) is 5.69 Å². The van der Waals surface area contributed by atoms with Crippen LogP contribution in [0.25, 0.3) is 5.69 Å². The molecule has 0 saturated heterocycles. The van der Waals surface area contributed by atoms with E-state index in [2.05, 4.69) is 24.3 Å². The lowest BCUT2D eigenvalue weighted by Gasteiger charge is -2.36. The van der Waals surface area contributed by atoms with Gasteiger partial charge in [0.2, 0.25) is 5.91 Å². The lowest BCUT2D eigenvalue weighted by Crippen LogP contribution is -2.37. The van der Waals surface area contributed by atoms with E-state index in [0.717, 1.165) is 28.9 Å². The minimum absolute atomic E-state index is 0.102. The number of rotatable bonds is 4. The SMILES string of the molecule is Cc1ccccc1-n1ncc2c1CC(C)(C)C[C@@H]2NC(=O)CCC(F)(F)F. The van der Waals surface area contributed by atoms with Crippen LogP contribution in [0.4, 0.5) is 13.2 Å². The van der Waals surface area contributed by atoms with Crippen molar-refractivity contribution in [2.24, 2.45) is 5.41 Å². The molecule has 1 aliphatic carbocycles. The highest BCUT2D eigenvalue weighted by atomic mass is 19.4. The second kappa shape index (κ2) is 7.02. The first-order valence-electron chi connectivity index (χ1n) is 9.05. The number of carbonyl (C=O) groups is 1. The number of para-hydroxylation sites is 1. The molecule has 1 amide bonds. The van der Waals surface area contributed by atoms with Gasteiger partial charge in [-0.25, -0.2) is 4.68 Å². The molecule has 0 saturated carbocycles. The minimum Gasteiger partial charge on any atom is -0.349 e. The third kappa shape index (κ3) is 4.51. The van der Waals surface area contributed by atoms with E-state index in [9.17, 15) is 18.0 Å². The predicted octanol–water partition coefficient (Wildman–Crippen LogP) is 4.65. The second-order valence-corrected chi connectivity index (χ2v) is 8.03. The Morgan fingerprint density at radius 2 is 2.04 bits per heavy atom. The van der Waals surface area contributed by atoms with E-state index in [1.54, 1.807) is 6.20 Å². The smallest absolute Gasteiger partial charge is 0.349 e. The third-order valence-electron chi connectivity index (χ3n) is 4.99. The van der Waals surface area contributed by atoms with Crippen molar-refractivity contribution in [3.63, 3.8) is 0 Å². The van der Waals surface area contributed by atoms with Gasteiger partial charge in [-0.15, -0.1) is 0 Å². The average molecular weight is 379 g/mol. The predicted molar refractivity (Wildman–Crippen MR) is 96.6 cm³/mol. The monoisotopic (exact) mass is 379 g/mol. The maximum absolute atomic E-state index is 12.4. The van der Waals surface area contributed by atoms with E-state index in [1.807, 2.05) is 35.9 Å². The van der Waals surface area contributed by atoms with Crippen molar-refractivity contribution in [1.82, 2.24) is 15.1 Å². The first-order chi connectivity index (χ1) is 12.6. The van der Waals surface area contributed by atoms with E-state index < -0.39 is 24.9 Å². The number of benzene rings is 1. The number of nitrogens with one attached hydrogen (secondary N) is 1. The van der Waals surface area contributed by atoms with Crippen molar-refractivity contribution in [3.05, 3.63) is 47.3 Å². The summed E-state index contributed by atoms with van der Waals surface area (Å²) in [6.45, 7) is 6.20. The van der Waals surface area contributed by atoms with E-state index >= 15 is 0 Å². The molecule has 0 spiro atoms. The molecular formula is C20H24F3N3O. The standard InChI is InChI=1S/C20H24F3N3O/c1-13-6-4-5-7-16(13)26-17-11-19(2,3)10-15(14(17)12-24-26)25-18(27)8-9-20(21,22)23/h4-7,12,15H,8-11H2,1-3H3,(H,25,27)/t15-/m0/s1.